The second-order valence-electron chi connectivity index (χ2n) is 10.5. The van der Waals surface area contributed by atoms with Gasteiger partial charge in [-0.05, 0) is 93.5 Å². The van der Waals surface area contributed by atoms with Crippen LogP contribution < -0.4 is 0 Å². The molecule has 2 aromatic carbocycles. The third kappa shape index (κ3) is 7.98. The van der Waals surface area contributed by atoms with Crippen LogP contribution in [-0.4, -0.2) is 17.3 Å². The Morgan fingerprint density at radius 1 is 0.886 bits per heavy atom. The molecule has 2 aromatic rings. The van der Waals surface area contributed by atoms with E-state index in [1.165, 1.54) is 29.2 Å². The molecule has 3 nitrogen and oxygen atoms in total. The Bertz CT molecular complexity index is 1010. The maximum absolute atomic E-state index is 12.8. The molecule has 0 N–H and O–H groups in total. The van der Waals surface area contributed by atoms with Gasteiger partial charge in [-0.3, -0.25) is 14.4 Å². The molecule has 3 rings (SSSR count). The van der Waals surface area contributed by atoms with E-state index in [1.807, 2.05) is 19.9 Å². The minimum absolute atomic E-state index is 0.0451. The summed E-state index contributed by atoms with van der Waals surface area (Å²) in [5.41, 5.74) is 7.14. The number of hydrogen-bond acceptors (Lipinski definition) is 3. The number of benzene rings is 2. The van der Waals surface area contributed by atoms with E-state index in [1.54, 1.807) is 0 Å². The molecule has 0 aromatic heterocycles. The SMILES string of the molecule is CCCC(CC1CC(=O)c2c(C)ccc(C)c2C1)C(CC)C(=O)CC(C)=O.Cc1ccccc1C. The van der Waals surface area contributed by atoms with Crippen molar-refractivity contribution in [3.05, 3.63) is 69.8 Å². The highest BCUT2D eigenvalue weighted by atomic mass is 16.1. The Kier molecular flexibility index (Phi) is 11.1. The van der Waals surface area contributed by atoms with Gasteiger partial charge in [-0.15, -0.1) is 0 Å². The van der Waals surface area contributed by atoms with Crippen LogP contribution in [0.3, 0.4) is 0 Å². The first-order chi connectivity index (χ1) is 16.6. The number of carbonyl (C=O) groups is 3. The predicted octanol–water partition coefficient (Wildman–Crippen LogP) is 7.73. The van der Waals surface area contributed by atoms with Crippen LogP contribution in [0.4, 0.5) is 0 Å². The molecule has 0 fully saturated rings. The summed E-state index contributed by atoms with van der Waals surface area (Å²) < 4.78 is 0. The summed E-state index contributed by atoms with van der Waals surface area (Å²) in [4.78, 5) is 36.9. The maximum atomic E-state index is 12.8. The second kappa shape index (κ2) is 13.5. The lowest BCUT2D eigenvalue weighted by Gasteiger charge is -2.32. The van der Waals surface area contributed by atoms with Crippen LogP contribution in [0.2, 0.25) is 0 Å². The zero-order valence-electron chi connectivity index (χ0n) is 22.9. The van der Waals surface area contributed by atoms with Crippen molar-refractivity contribution in [2.75, 3.05) is 0 Å². The lowest BCUT2D eigenvalue weighted by Crippen LogP contribution is -2.30. The molecule has 0 amide bonds. The quantitative estimate of drug-likeness (QED) is 0.348. The van der Waals surface area contributed by atoms with Crippen LogP contribution in [0.15, 0.2) is 36.4 Å². The van der Waals surface area contributed by atoms with E-state index in [4.69, 9.17) is 0 Å². The topological polar surface area (TPSA) is 51.2 Å². The van der Waals surface area contributed by atoms with Gasteiger partial charge >= 0.3 is 0 Å². The molecule has 0 saturated heterocycles. The van der Waals surface area contributed by atoms with Crippen molar-refractivity contribution >= 4 is 17.3 Å². The first kappa shape index (κ1) is 28.7. The summed E-state index contributed by atoms with van der Waals surface area (Å²) in [6.07, 6.45) is 5.21. The molecule has 1 aliphatic carbocycles. The lowest BCUT2D eigenvalue weighted by atomic mass is 9.71. The minimum Gasteiger partial charge on any atom is -0.300 e. The molecular formula is C32H44O3. The van der Waals surface area contributed by atoms with Gasteiger partial charge in [-0.25, -0.2) is 0 Å². The third-order valence-electron chi connectivity index (χ3n) is 7.57. The average Bonchev–Trinajstić information content (AvgIpc) is 2.79. The smallest absolute Gasteiger partial charge is 0.163 e. The van der Waals surface area contributed by atoms with Crippen molar-refractivity contribution in [2.24, 2.45) is 17.8 Å². The molecule has 0 heterocycles. The van der Waals surface area contributed by atoms with Gasteiger partial charge in [0, 0.05) is 17.9 Å². The molecule has 3 atom stereocenters. The lowest BCUT2D eigenvalue weighted by molar-refractivity contribution is -0.129. The molecule has 3 unspecified atom stereocenters. The van der Waals surface area contributed by atoms with E-state index in [0.717, 1.165) is 43.2 Å². The van der Waals surface area contributed by atoms with Gasteiger partial charge in [0.15, 0.2) is 5.78 Å². The van der Waals surface area contributed by atoms with E-state index >= 15 is 0 Å². The van der Waals surface area contributed by atoms with Crippen molar-refractivity contribution in [2.45, 2.75) is 93.4 Å². The van der Waals surface area contributed by atoms with Gasteiger partial charge in [0.05, 0.1) is 6.42 Å². The Hall–Kier alpha value is -2.55. The highest BCUT2D eigenvalue weighted by Gasteiger charge is 2.33. The van der Waals surface area contributed by atoms with Crippen LogP contribution in [0.5, 0.6) is 0 Å². The molecule has 0 radical (unpaired) electrons. The Balaban J connectivity index is 0.000000456. The largest absolute Gasteiger partial charge is 0.300 e. The van der Waals surface area contributed by atoms with Gasteiger partial charge in [0.25, 0.3) is 0 Å². The number of ketones is 3. The molecular weight excluding hydrogens is 432 g/mol. The third-order valence-corrected chi connectivity index (χ3v) is 7.57. The van der Waals surface area contributed by atoms with E-state index in [0.29, 0.717) is 12.3 Å². The molecule has 0 bridgehead atoms. The number of fused-ring (bicyclic) bond motifs is 1. The van der Waals surface area contributed by atoms with Crippen molar-refractivity contribution in [1.82, 2.24) is 0 Å². The first-order valence-corrected chi connectivity index (χ1v) is 13.3. The van der Waals surface area contributed by atoms with E-state index in [9.17, 15) is 14.4 Å². The maximum Gasteiger partial charge on any atom is 0.163 e. The fraction of sp³-hybridized carbons (Fsp3) is 0.531. The Labute approximate surface area is 212 Å². The van der Waals surface area contributed by atoms with Crippen LogP contribution >= 0.6 is 0 Å². The fourth-order valence-electron chi connectivity index (χ4n) is 5.56. The normalized spacial score (nSPS) is 16.5. The number of carbonyl (C=O) groups excluding carboxylic acids is 3. The summed E-state index contributed by atoms with van der Waals surface area (Å²) in [6, 6.07) is 12.5. The van der Waals surface area contributed by atoms with Gasteiger partial charge < -0.3 is 0 Å². The predicted molar refractivity (Wildman–Crippen MR) is 145 cm³/mol. The van der Waals surface area contributed by atoms with E-state index in [-0.39, 0.29) is 35.6 Å². The monoisotopic (exact) mass is 476 g/mol. The van der Waals surface area contributed by atoms with E-state index in [2.05, 4.69) is 58.0 Å². The van der Waals surface area contributed by atoms with Crippen LogP contribution in [0, 0.1) is 45.4 Å². The molecule has 0 aliphatic heterocycles. The highest BCUT2D eigenvalue weighted by Crippen LogP contribution is 2.37. The van der Waals surface area contributed by atoms with E-state index < -0.39 is 0 Å². The summed E-state index contributed by atoms with van der Waals surface area (Å²) >= 11 is 0. The molecule has 0 saturated carbocycles. The molecule has 0 spiro atoms. The number of Topliss-reactive ketones (excluding diaryl/α,β-unsaturated/α-hetero) is 3. The van der Waals surface area contributed by atoms with Gasteiger partial charge in [-0.1, -0.05) is 63.1 Å². The van der Waals surface area contributed by atoms with Gasteiger partial charge in [0.1, 0.15) is 11.6 Å². The number of aryl methyl sites for hydroxylation is 4. The molecule has 3 heteroatoms. The molecule has 1 aliphatic rings. The zero-order valence-corrected chi connectivity index (χ0v) is 22.9. The molecule has 190 valence electrons. The number of hydrogen-bond donors (Lipinski definition) is 0. The van der Waals surface area contributed by atoms with Crippen LogP contribution in [-0.2, 0) is 16.0 Å². The van der Waals surface area contributed by atoms with Gasteiger partial charge in [-0.2, -0.15) is 0 Å². The summed E-state index contributed by atoms with van der Waals surface area (Å²) in [7, 11) is 0. The van der Waals surface area contributed by atoms with Crippen molar-refractivity contribution < 1.29 is 14.4 Å². The summed E-state index contributed by atoms with van der Waals surface area (Å²) in [5.74, 6) is 0.766. The van der Waals surface area contributed by atoms with Crippen molar-refractivity contribution in [3.63, 3.8) is 0 Å². The highest BCUT2D eigenvalue weighted by molar-refractivity contribution is 6.00. The Morgan fingerprint density at radius 3 is 2.00 bits per heavy atom. The van der Waals surface area contributed by atoms with Gasteiger partial charge in [0.2, 0.25) is 0 Å². The standard InChI is InChI=1S/C24H34O3.C8H10/c1-6-8-19(20(7-2)22(26)11-17(5)25)12-18-13-21-15(3)9-10-16(4)24(21)23(27)14-18;1-7-5-3-4-6-8(7)2/h9-10,18-20H,6-8,11-14H2,1-5H3;3-6H,1-2H3. The Morgan fingerprint density at radius 2 is 1.49 bits per heavy atom. The summed E-state index contributed by atoms with van der Waals surface area (Å²) in [6.45, 7) is 14.0. The van der Waals surface area contributed by atoms with Crippen molar-refractivity contribution in [3.8, 4) is 0 Å². The zero-order chi connectivity index (χ0) is 26.1. The first-order valence-electron chi connectivity index (χ1n) is 13.3. The van der Waals surface area contributed by atoms with Crippen LogP contribution in [0.1, 0.15) is 97.5 Å². The number of rotatable bonds is 9. The van der Waals surface area contributed by atoms with Crippen molar-refractivity contribution in [1.29, 1.82) is 0 Å². The molecule has 35 heavy (non-hydrogen) atoms. The fourth-order valence-corrected chi connectivity index (χ4v) is 5.56. The van der Waals surface area contributed by atoms with Crippen LogP contribution in [0.25, 0.3) is 0 Å². The second-order valence-corrected chi connectivity index (χ2v) is 10.5. The summed E-state index contributed by atoms with van der Waals surface area (Å²) in [5, 5.41) is 0. The minimum atomic E-state index is -0.0658. The average molecular weight is 477 g/mol.